The second kappa shape index (κ2) is 8.60. The topological polar surface area (TPSA) is 78.0 Å². The second-order valence-electron chi connectivity index (χ2n) is 6.35. The van der Waals surface area contributed by atoms with Crippen LogP contribution in [0.2, 0.25) is 0 Å². The van der Waals surface area contributed by atoms with Crippen LogP contribution in [0.5, 0.6) is 11.5 Å². The largest absolute Gasteiger partial charge is 0.493 e. The minimum Gasteiger partial charge on any atom is -0.493 e. The molecule has 150 valence electrons. The van der Waals surface area contributed by atoms with E-state index in [-0.39, 0.29) is 17.1 Å². The third kappa shape index (κ3) is 3.85. The number of rotatable bonds is 6. The number of aromatic nitrogens is 1. The molecular formula is C22H22N2O5. The lowest BCUT2D eigenvalue weighted by molar-refractivity contribution is -0.136. The van der Waals surface area contributed by atoms with Gasteiger partial charge in [0.1, 0.15) is 0 Å². The van der Waals surface area contributed by atoms with Crippen molar-refractivity contribution in [3.8, 4) is 11.5 Å². The molecule has 0 spiro atoms. The van der Waals surface area contributed by atoms with Gasteiger partial charge >= 0.3 is 5.97 Å². The van der Waals surface area contributed by atoms with E-state index < -0.39 is 5.97 Å². The summed E-state index contributed by atoms with van der Waals surface area (Å²) in [6.45, 7) is 2.02. The summed E-state index contributed by atoms with van der Waals surface area (Å²) in [6, 6.07) is 9.01. The molecule has 0 bridgehead atoms. The molecule has 0 unspecified atom stereocenters. The van der Waals surface area contributed by atoms with E-state index in [1.165, 1.54) is 21.3 Å². The highest BCUT2D eigenvalue weighted by atomic mass is 16.5. The van der Waals surface area contributed by atoms with Gasteiger partial charge in [-0.2, -0.15) is 0 Å². The third-order valence-electron chi connectivity index (χ3n) is 4.70. The van der Waals surface area contributed by atoms with Gasteiger partial charge in [0.25, 0.3) is 5.91 Å². The number of pyridine rings is 1. The Morgan fingerprint density at radius 1 is 1.14 bits per heavy atom. The lowest BCUT2D eigenvalue weighted by Crippen LogP contribution is -2.24. The zero-order valence-corrected chi connectivity index (χ0v) is 16.8. The zero-order chi connectivity index (χ0) is 21.0. The van der Waals surface area contributed by atoms with Crippen molar-refractivity contribution in [2.45, 2.75) is 13.5 Å². The number of hydrogen-bond donors (Lipinski definition) is 0. The quantitative estimate of drug-likeness (QED) is 0.554. The highest BCUT2D eigenvalue weighted by molar-refractivity contribution is 6.16. The van der Waals surface area contributed by atoms with Crippen LogP contribution in [-0.2, 0) is 20.9 Å². The van der Waals surface area contributed by atoms with E-state index in [0.29, 0.717) is 29.3 Å². The van der Waals surface area contributed by atoms with Gasteiger partial charge in [-0.25, -0.2) is 4.79 Å². The monoisotopic (exact) mass is 394 g/mol. The number of carbonyl (C=O) groups is 2. The molecule has 0 saturated heterocycles. The number of esters is 1. The molecule has 1 aromatic carbocycles. The van der Waals surface area contributed by atoms with Crippen LogP contribution >= 0.6 is 0 Å². The predicted octanol–water partition coefficient (Wildman–Crippen LogP) is 2.97. The molecule has 29 heavy (non-hydrogen) atoms. The van der Waals surface area contributed by atoms with Crippen molar-refractivity contribution in [3.63, 3.8) is 0 Å². The van der Waals surface area contributed by atoms with Gasteiger partial charge in [-0.3, -0.25) is 9.78 Å². The van der Waals surface area contributed by atoms with Crippen molar-refractivity contribution < 1.29 is 23.8 Å². The molecule has 3 rings (SSSR count). The van der Waals surface area contributed by atoms with Gasteiger partial charge in [-0.15, -0.1) is 0 Å². The van der Waals surface area contributed by atoms with Crippen molar-refractivity contribution in [3.05, 3.63) is 70.7 Å². The summed E-state index contributed by atoms with van der Waals surface area (Å²) >= 11 is 0. The standard InChI is InChI=1S/C22H22N2O5/c1-14-19(22(26)29-4)17(11-16-8-5-9-18(27-2)20(16)28-3)21(25)24(14)13-15-7-6-10-23-12-15/h5-12H,13H2,1-4H3/b17-11-. The summed E-state index contributed by atoms with van der Waals surface area (Å²) in [5.41, 5.74) is 2.46. The summed E-state index contributed by atoms with van der Waals surface area (Å²) < 4.78 is 15.7. The minimum atomic E-state index is -0.572. The van der Waals surface area contributed by atoms with Crippen LogP contribution in [0.25, 0.3) is 6.08 Å². The SMILES string of the molecule is COC(=O)C1=C(C)N(Cc2cccnc2)C(=O)/C1=C\c1cccc(OC)c1OC. The van der Waals surface area contributed by atoms with Crippen molar-refractivity contribution in [1.29, 1.82) is 0 Å². The Kier molecular flexibility index (Phi) is 5.97. The fourth-order valence-corrected chi connectivity index (χ4v) is 3.27. The Bertz CT molecular complexity index is 996. The highest BCUT2D eigenvalue weighted by Crippen LogP contribution is 2.37. The maximum atomic E-state index is 13.2. The predicted molar refractivity (Wildman–Crippen MR) is 107 cm³/mol. The maximum Gasteiger partial charge on any atom is 0.340 e. The lowest BCUT2D eigenvalue weighted by atomic mass is 10.0. The Morgan fingerprint density at radius 3 is 2.55 bits per heavy atom. The maximum absolute atomic E-state index is 13.2. The van der Waals surface area contributed by atoms with Crippen molar-refractivity contribution in [1.82, 2.24) is 9.88 Å². The van der Waals surface area contributed by atoms with Crippen LogP contribution in [0.3, 0.4) is 0 Å². The Hall–Kier alpha value is -3.61. The molecule has 1 aromatic heterocycles. The van der Waals surface area contributed by atoms with Crippen LogP contribution in [0.15, 0.2) is 59.6 Å². The molecule has 1 aliphatic rings. The van der Waals surface area contributed by atoms with E-state index in [4.69, 9.17) is 14.2 Å². The molecule has 0 radical (unpaired) electrons. The first-order valence-corrected chi connectivity index (χ1v) is 8.94. The number of amides is 1. The van der Waals surface area contributed by atoms with E-state index in [1.54, 1.807) is 54.6 Å². The van der Waals surface area contributed by atoms with Gasteiger partial charge in [-0.1, -0.05) is 18.2 Å². The van der Waals surface area contributed by atoms with Crippen molar-refractivity contribution >= 4 is 18.0 Å². The Morgan fingerprint density at radius 2 is 1.93 bits per heavy atom. The molecule has 0 atom stereocenters. The first-order chi connectivity index (χ1) is 14.0. The number of nitrogens with zero attached hydrogens (tertiary/aromatic N) is 2. The average molecular weight is 394 g/mol. The molecule has 7 nitrogen and oxygen atoms in total. The van der Waals surface area contributed by atoms with Gasteiger partial charge in [0, 0.05) is 23.7 Å². The summed E-state index contributed by atoms with van der Waals surface area (Å²) in [4.78, 5) is 31.3. The third-order valence-corrected chi connectivity index (χ3v) is 4.70. The van der Waals surface area contributed by atoms with Crippen LogP contribution in [-0.4, -0.2) is 43.1 Å². The van der Waals surface area contributed by atoms with E-state index in [2.05, 4.69) is 4.98 Å². The van der Waals surface area contributed by atoms with Gasteiger partial charge in [0.05, 0.1) is 39.0 Å². The lowest BCUT2D eigenvalue weighted by Gasteiger charge is -2.17. The highest BCUT2D eigenvalue weighted by Gasteiger charge is 2.37. The number of carbonyl (C=O) groups excluding carboxylic acids is 2. The average Bonchev–Trinajstić information content (AvgIpc) is 2.98. The zero-order valence-electron chi connectivity index (χ0n) is 16.8. The van der Waals surface area contributed by atoms with Crippen LogP contribution in [0, 0.1) is 0 Å². The van der Waals surface area contributed by atoms with Gasteiger partial charge in [0.2, 0.25) is 0 Å². The van der Waals surface area contributed by atoms with Crippen LogP contribution in [0.4, 0.5) is 0 Å². The summed E-state index contributed by atoms with van der Waals surface area (Å²) in [5.74, 6) is 0.136. The summed E-state index contributed by atoms with van der Waals surface area (Å²) in [6.07, 6.45) is 4.98. The fourth-order valence-electron chi connectivity index (χ4n) is 3.27. The molecule has 7 heteroatoms. The molecule has 2 heterocycles. The first kappa shape index (κ1) is 20.1. The van der Waals surface area contributed by atoms with Gasteiger partial charge < -0.3 is 19.1 Å². The fraction of sp³-hybridized carbons (Fsp3) is 0.227. The second-order valence-corrected chi connectivity index (χ2v) is 6.35. The molecular weight excluding hydrogens is 372 g/mol. The Balaban J connectivity index is 2.09. The number of ether oxygens (including phenoxy) is 3. The number of benzene rings is 1. The van der Waals surface area contributed by atoms with Gasteiger partial charge in [0.15, 0.2) is 11.5 Å². The van der Waals surface area contributed by atoms with Crippen molar-refractivity contribution in [2.24, 2.45) is 0 Å². The molecule has 1 aliphatic heterocycles. The number of methoxy groups -OCH3 is 3. The Labute approximate surface area is 169 Å². The normalized spacial score (nSPS) is 15.1. The van der Waals surface area contributed by atoms with Crippen molar-refractivity contribution in [2.75, 3.05) is 21.3 Å². The molecule has 1 amide bonds. The van der Waals surface area contributed by atoms with E-state index in [1.807, 2.05) is 6.07 Å². The molecule has 0 aliphatic carbocycles. The number of allylic oxidation sites excluding steroid dienone is 1. The number of para-hydroxylation sites is 1. The van der Waals surface area contributed by atoms with E-state index >= 15 is 0 Å². The van der Waals surface area contributed by atoms with Crippen LogP contribution < -0.4 is 9.47 Å². The van der Waals surface area contributed by atoms with Gasteiger partial charge in [-0.05, 0) is 30.7 Å². The summed E-state index contributed by atoms with van der Waals surface area (Å²) in [5, 5.41) is 0. The van der Waals surface area contributed by atoms with E-state index in [0.717, 1.165) is 5.56 Å². The first-order valence-electron chi connectivity index (χ1n) is 8.94. The van der Waals surface area contributed by atoms with Crippen LogP contribution in [0.1, 0.15) is 18.1 Å². The molecule has 0 saturated carbocycles. The smallest absolute Gasteiger partial charge is 0.340 e. The molecule has 2 aromatic rings. The minimum absolute atomic E-state index is 0.228. The molecule has 0 fully saturated rings. The molecule has 0 N–H and O–H groups in total. The summed E-state index contributed by atoms with van der Waals surface area (Å²) in [7, 11) is 4.35. The number of hydrogen-bond acceptors (Lipinski definition) is 6. The van der Waals surface area contributed by atoms with E-state index in [9.17, 15) is 9.59 Å².